The van der Waals surface area contributed by atoms with Gasteiger partial charge in [0.2, 0.25) is 0 Å². The second kappa shape index (κ2) is 6.65. The van der Waals surface area contributed by atoms with Crippen LogP contribution in [0.1, 0.15) is 26.3 Å². The normalized spacial score (nSPS) is 11.6. The van der Waals surface area contributed by atoms with Gasteiger partial charge in [-0.1, -0.05) is 43.0 Å². The lowest BCUT2D eigenvalue weighted by molar-refractivity contribution is 1.35. The molecule has 0 atom stereocenters. The summed E-state index contributed by atoms with van der Waals surface area (Å²) in [5, 5.41) is 3.36. The van der Waals surface area contributed by atoms with Crippen LogP contribution in [0, 0.1) is 0 Å². The van der Waals surface area contributed by atoms with Crippen LogP contribution in [0.15, 0.2) is 66.9 Å². The van der Waals surface area contributed by atoms with E-state index in [9.17, 15) is 0 Å². The van der Waals surface area contributed by atoms with Crippen LogP contribution in [0.4, 0.5) is 5.69 Å². The van der Waals surface area contributed by atoms with Gasteiger partial charge >= 0.3 is 0 Å². The van der Waals surface area contributed by atoms with Crippen molar-refractivity contribution in [2.24, 2.45) is 0 Å². The Bertz CT molecular complexity index is 487. The van der Waals surface area contributed by atoms with E-state index in [0.717, 1.165) is 28.1 Å². The molecule has 0 saturated heterocycles. The highest BCUT2D eigenvalue weighted by molar-refractivity contribution is 5.64. The smallest absolute Gasteiger partial charge is 0.0407 e. The molecule has 1 aromatic carbocycles. The first-order valence-electron chi connectivity index (χ1n) is 6.06. The van der Waals surface area contributed by atoms with E-state index in [0.29, 0.717) is 0 Å². The summed E-state index contributed by atoms with van der Waals surface area (Å²) in [6.45, 7) is 13.9. The Morgan fingerprint density at radius 3 is 2.17 bits per heavy atom. The molecule has 0 aliphatic carbocycles. The Labute approximate surface area is 110 Å². The maximum atomic E-state index is 3.97. The Balaban J connectivity index is 2.88. The standard InChI is InChI=1S/C17H21N/c1-6-7-8-17(14(4)5)18-16-11-9-15(10-12-16)13(2)3/h6-12,18H,2,4H2,1,3,5H3/b7-6-,17-8+. The molecule has 1 aromatic rings. The summed E-state index contributed by atoms with van der Waals surface area (Å²) in [6.07, 6.45) is 6.02. The zero-order valence-corrected chi connectivity index (χ0v) is 11.5. The molecule has 0 radical (unpaired) electrons. The number of nitrogens with one attached hydrogen (secondary N) is 1. The number of benzene rings is 1. The van der Waals surface area contributed by atoms with Crippen molar-refractivity contribution in [3.05, 3.63) is 72.5 Å². The Morgan fingerprint density at radius 1 is 1.11 bits per heavy atom. The molecule has 0 spiro atoms. The van der Waals surface area contributed by atoms with E-state index in [2.05, 4.69) is 42.7 Å². The molecule has 0 unspecified atom stereocenters. The fourth-order valence-corrected chi connectivity index (χ4v) is 1.48. The van der Waals surface area contributed by atoms with Crippen LogP contribution >= 0.6 is 0 Å². The first kappa shape index (κ1) is 14.0. The highest BCUT2D eigenvalue weighted by Crippen LogP contribution is 2.18. The van der Waals surface area contributed by atoms with Crippen molar-refractivity contribution >= 4 is 11.3 Å². The molecule has 1 nitrogen and oxygen atoms in total. The second-order valence-corrected chi connectivity index (χ2v) is 4.37. The van der Waals surface area contributed by atoms with Gasteiger partial charge in [-0.25, -0.2) is 0 Å². The highest BCUT2D eigenvalue weighted by atomic mass is 14.9. The Hall–Kier alpha value is -2.02. The predicted molar refractivity (Wildman–Crippen MR) is 82.5 cm³/mol. The molecule has 1 rings (SSSR count). The summed E-state index contributed by atoms with van der Waals surface area (Å²) in [5.41, 5.74) is 5.33. The van der Waals surface area contributed by atoms with Crippen molar-refractivity contribution in [2.45, 2.75) is 20.8 Å². The lowest BCUT2D eigenvalue weighted by Gasteiger charge is -2.11. The largest absolute Gasteiger partial charge is 0.355 e. The molecule has 0 saturated carbocycles. The summed E-state index contributed by atoms with van der Waals surface area (Å²) in [4.78, 5) is 0. The first-order valence-corrected chi connectivity index (χ1v) is 6.06. The van der Waals surface area contributed by atoms with E-state index in [1.165, 1.54) is 0 Å². The molecule has 94 valence electrons. The Kier molecular flexibility index (Phi) is 5.19. The van der Waals surface area contributed by atoms with Crippen molar-refractivity contribution in [1.29, 1.82) is 0 Å². The van der Waals surface area contributed by atoms with Gasteiger partial charge in [-0.15, -0.1) is 0 Å². The topological polar surface area (TPSA) is 12.0 Å². The molecule has 0 fully saturated rings. The zero-order chi connectivity index (χ0) is 13.5. The molecule has 0 aliphatic rings. The minimum Gasteiger partial charge on any atom is -0.355 e. The van der Waals surface area contributed by atoms with Gasteiger partial charge in [0.25, 0.3) is 0 Å². The van der Waals surface area contributed by atoms with Gasteiger partial charge in [-0.05, 0) is 50.1 Å². The van der Waals surface area contributed by atoms with E-state index in [1.807, 2.05) is 39.0 Å². The number of hydrogen-bond acceptors (Lipinski definition) is 1. The van der Waals surface area contributed by atoms with Crippen molar-refractivity contribution in [3.63, 3.8) is 0 Å². The third-order valence-corrected chi connectivity index (χ3v) is 2.57. The molecule has 18 heavy (non-hydrogen) atoms. The molecule has 0 bridgehead atoms. The van der Waals surface area contributed by atoms with Crippen LogP contribution in [0.5, 0.6) is 0 Å². The maximum Gasteiger partial charge on any atom is 0.0407 e. The molecule has 1 N–H and O–H groups in total. The predicted octanol–water partition coefficient (Wildman–Crippen LogP) is 5.17. The van der Waals surface area contributed by atoms with Crippen LogP contribution in [0.25, 0.3) is 5.57 Å². The lowest BCUT2D eigenvalue weighted by Crippen LogP contribution is -2.00. The summed E-state index contributed by atoms with van der Waals surface area (Å²) < 4.78 is 0. The van der Waals surface area contributed by atoms with Gasteiger partial charge < -0.3 is 5.32 Å². The monoisotopic (exact) mass is 239 g/mol. The van der Waals surface area contributed by atoms with E-state index in [-0.39, 0.29) is 0 Å². The first-order chi connectivity index (χ1) is 8.54. The molecule has 1 heteroatoms. The number of anilines is 1. The van der Waals surface area contributed by atoms with Crippen LogP contribution in [-0.4, -0.2) is 0 Å². The van der Waals surface area contributed by atoms with Crippen LogP contribution in [-0.2, 0) is 0 Å². The fraction of sp³-hybridized carbons (Fsp3) is 0.176. The summed E-state index contributed by atoms with van der Waals surface area (Å²) in [7, 11) is 0. The summed E-state index contributed by atoms with van der Waals surface area (Å²) in [5.74, 6) is 0. The van der Waals surface area contributed by atoms with Gasteiger partial charge in [-0.3, -0.25) is 0 Å². The quantitative estimate of drug-likeness (QED) is 0.699. The van der Waals surface area contributed by atoms with E-state index in [1.54, 1.807) is 0 Å². The van der Waals surface area contributed by atoms with Crippen LogP contribution < -0.4 is 5.32 Å². The second-order valence-electron chi connectivity index (χ2n) is 4.37. The number of allylic oxidation sites excluding steroid dienone is 5. The number of hydrogen-bond donors (Lipinski definition) is 1. The van der Waals surface area contributed by atoms with Crippen LogP contribution in [0.2, 0.25) is 0 Å². The van der Waals surface area contributed by atoms with Gasteiger partial charge in [0.15, 0.2) is 0 Å². The van der Waals surface area contributed by atoms with Gasteiger partial charge in [0, 0.05) is 11.4 Å². The third-order valence-electron chi connectivity index (χ3n) is 2.57. The van der Waals surface area contributed by atoms with Gasteiger partial charge in [-0.2, -0.15) is 0 Å². The van der Waals surface area contributed by atoms with E-state index >= 15 is 0 Å². The fourth-order valence-electron chi connectivity index (χ4n) is 1.48. The third kappa shape index (κ3) is 4.10. The lowest BCUT2D eigenvalue weighted by atomic mass is 10.1. The minimum absolute atomic E-state index is 1.01. The number of rotatable bonds is 5. The van der Waals surface area contributed by atoms with E-state index in [4.69, 9.17) is 0 Å². The molecule has 0 aliphatic heterocycles. The van der Waals surface area contributed by atoms with Gasteiger partial charge in [0.1, 0.15) is 0 Å². The van der Waals surface area contributed by atoms with Crippen LogP contribution in [0.3, 0.4) is 0 Å². The molecular formula is C17H21N. The Morgan fingerprint density at radius 2 is 1.72 bits per heavy atom. The average Bonchev–Trinajstić information content (AvgIpc) is 2.34. The van der Waals surface area contributed by atoms with E-state index < -0.39 is 0 Å². The molecule has 0 amide bonds. The molecule has 0 heterocycles. The summed E-state index contributed by atoms with van der Waals surface area (Å²) in [6, 6.07) is 8.24. The highest BCUT2D eigenvalue weighted by Gasteiger charge is 1.99. The van der Waals surface area contributed by atoms with Crippen molar-refractivity contribution < 1.29 is 0 Å². The van der Waals surface area contributed by atoms with Crippen molar-refractivity contribution in [1.82, 2.24) is 0 Å². The molecular weight excluding hydrogens is 218 g/mol. The SMILES string of the molecule is C=C(C)/C(=C\C=C/C)Nc1ccc(C(=C)C)cc1. The van der Waals surface area contributed by atoms with Crippen molar-refractivity contribution in [2.75, 3.05) is 5.32 Å². The molecule has 0 aromatic heterocycles. The summed E-state index contributed by atoms with van der Waals surface area (Å²) >= 11 is 0. The van der Waals surface area contributed by atoms with Crippen molar-refractivity contribution in [3.8, 4) is 0 Å². The maximum absolute atomic E-state index is 3.97. The average molecular weight is 239 g/mol. The zero-order valence-electron chi connectivity index (χ0n) is 11.5. The minimum atomic E-state index is 1.01. The van der Waals surface area contributed by atoms with Gasteiger partial charge in [0.05, 0.1) is 0 Å².